The second kappa shape index (κ2) is 9.07. The molecule has 0 saturated carbocycles. The molecular formula is C15H24N3O2S2+. The van der Waals surface area contributed by atoms with Crippen LogP contribution >= 0.6 is 23.6 Å². The molecule has 5 nitrogen and oxygen atoms in total. The van der Waals surface area contributed by atoms with E-state index in [-0.39, 0.29) is 5.97 Å². The Morgan fingerprint density at radius 3 is 2.91 bits per heavy atom. The van der Waals surface area contributed by atoms with E-state index in [0.29, 0.717) is 6.42 Å². The van der Waals surface area contributed by atoms with Crippen LogP contribution in [0.3, 0.4) is 0 Å². The van der Waals surface area contributed by atoms with Crippen molar-refractivity contribution in [3.8, 4) is 0 Å². The third-order valence-corrected chi connectivity index (χ3v) is 4.99. The van der Waals surface area contributed by atoms with Gasteiger partial charge in [-0.2, -0.15) is 11.3 Å². The summed E-state index contributed by atoms with van der Waals surface area (Å²) in [5.41, 5.74) is 1.43. The summed E-state index contributed by atoms with van der Waals surface area (Å²) in [6.07, 6.45) is 1.18. The van der Waals surface area contributed by atoms with Crippen molar-refractivity contribution in [2.45, 2.75) is 19.4 Å². The maximum absolute atomic E-state index is 11.0. The number of quaternary nitrogens is 1. The van der Waals surface area contributed by atoms with E-state index in [1.165, 1.54) is 12.7 Å². The number of carbonyl (C=O) groups is 1. The number of hydrogen-bond acceptors (Lipinski definition) is 4. The predicted octanol–water partition coefficient (Wildman–Crippen LogP) is 0.276. The summed E-state index contributed by atoms with van der Waals surface area (Å²) < 4.78 is 4.62. The van der Waals surface area contributed by atoms with Crippen LogP contribution in [-0.4, -0.2) is 55.8 Å². The van der Waals surface area contributed by atoms with Gasteiger partial charge in [0, 0.05) is 18.5 Å². The van der Waals surface area contributed by atoms with Gasteiger partial charge in [-0.3, -0.25) is 4.79 Å². The Labute approximate surface area is 141 Å². The third-order valence-electron chi connectivity index (χ3n) is 3.85. The molecule has 0 aliphatic carbocycles. The number of ether oxygens (including phenoxy) is 1. The second-order valence-electron chi connectivity index (χ2n) is 5.46. The Kier molecular flexibility index (Phi) is 7.08. The van der Waals surface area contributed by atoms with E-state index in [4.69, 9.17) is 12.2 Å². The van der Waals surface area contributed by atoms with Crippen LogP contribution in [0.25, 0.3) is 0 Å². The highest BCUT2D eigenvalue weighted by atomic mass is 32.1. The quantitative estimate of drug-likeness (QED) is 0.442. The number of carbonyl (C=O) groups excluding carboxylic acids is 1. The van der Waals surface area contributed by atoms with Crippen molar-refractivity contribution in [2.75, 3.05) is 39.8 Å². The first-order valence-corrected chi connectivity index (χ1v) is 8.98. The highest BCUT2D eigenvalue weighted by Gasteiger charge is 2.21. The standard InChI is InChI=1S/C15H23N3O2S2/c1-20-14(19)3-2-5-16-15(21)18-8-6-17(7-9-18)11-13-4-10-22-12-13/h4,10,12H,2-3,5-9,11H2,1H3,(H,16,21)/p+1. The number of thiocarbonyl (C=S) groups is 1. The van der Waals surface area contributed by atoms with E-state index in [9.17, 15) is 4.79 Å². The summed E-state index contributed by atoms with van der Waals surface area (Å²) in [5.74, 6) is -0.168. The minimum Gasteiger partial charge on any atom is -0.469 e. The van der Waals surface area contributed by atoms with Crippen molar-refractivity contribution < 1.29 is 14.4 Å². The number of hydrogen-bond donors (Lipinski definition) is 2. The van der Waals surface area contributed by atoms with Crippen molar-refractivity contribution in [2.24, 2.45) is 0 Å². The van der Waals surface area contributed by atoms with E-state index in [1.807, 2.05) is 0 Å². The number of esters is 1. The van der Waals surface area contributed by atoms with Gasteiger partial charge in [-0.25, -0.2) is 0 Å². The molecule has 1 fully saturated rings. The van der Waals surface area contributed by atoms with Crippen molar-refractivity contribution in [1.29, 1.82) is 0 Å². The molecule has 0 radical (unpaired) electrons. The Balaban J connectivity index is 1.61. The minimum atomic E-state index is -0.168. The lowest BCUT2D eigenvalue weighted by Gasteiger charge is -2.33. The molecule has 0 bridgehead atoms. The molecule has 0 atom stereocenters. The molecule has 0 unspecified atom stereocenters. The van der Waals surface area contributed by atoms with Crippen LogP contribution in [0.5, 0.6) is 0 Å². The molecular weight excluding hydrogens is 318 g/mol. The van der Waals surface area contributed by atoms with Gasteiger partial charge in [-0.1, -0.05) is 0 Å². The maximum atomic E-state index is 11.0. The summed E-state index contributed by atoms with van der Waals surface area (Å²) in [7, 11) is 1.41. The number of rotatable bonds is 6. The Morgan fingerprint density at radius 1 is 1.50 bits per heavy atom. The maximum Gasteiger partial charge on any atom is 0.305 e. The molecule has 1 saturated heterocycles. The predicted molar refractivity (Wildman–Crippen MR) is 92.1 cm³/mol. The molecule has 1 aliphatic rings. The first kappa shape index (κ1) is 17.2. The zero-order valence-corrected chi connectivity index (χ0v) is 14.6. The highest BCUT2D eigenvalue weighted by molar-refractivity contribution is 7.80. The summed E-state index contributed by atoms with van der Waals surface area (Å²) in [6.45, 7) is 6.02. The number of piperazine rings is 1. The lowest BCUT2D eigenvalue weighted by atomic mass is 10.2. The summed E-state index contributed by atoms with van der Waals surface area (Å²) in [5, 5.41) is 8.41. The molecule has 2 heterocycles. The highest BCUT2D eigenvalue weighted by Crippen LogP contribution is 2.04. The van der Waals surface area contributed by atoms with Crippen molar-refractivity contribution in [1.82, 2.24) is 10.2 Å². The van der Waals surface area contributed by atoms with Gasteiger partial charge in [0.15, 0.2) is 5.11 Å². The van der Waals surface area contributed by atoms with Gasteiger partial charge in [0.05, 0.1) is 33.3 Å². The van der Waals surface area contributed by atoms with Crippen molar-refractivity contribution in [3.63, 3.8) is 0 Å². The lowest BCUT2D eigenvalue weighted by molar-refractivity contribution is -0.917. The van der Waals surface area contributed by atoms with E-state index >= 15 is 0 Å². The van der Waals surface area contributed by atoms with Crippen LogP contribution in [0.4, 0.5) is 0 Å². The largest absolute Gasteiger partial charge is 0.469 e. The molecule has 2 rings (SSSR count). The SMILES string of the molecule is COC(=O)CCCNC(=S)N1CC[NH+](Cc2ccsc2)CC1. The molecule has 0 spiro atoms. The number of thiophene rings is 1. The van der Waals surface area contributed by atoms with Crippen LogP contribution in [0.15, 0.2) is 16.8 Å². The van der Waals surface area contributed by atoms with Crippen LogP contribution < -0.4 is 10.2 Å². The molecule has 1 aliphatic heterocycles. The van der Waals surface area contributed by atoms with Gasteiger partial charge in [-0.05, 0) is 35.5 Å². The first-order chi connectivity index (χ1) is 10.7. The minimum absolute atomic E-state index is 0.168. The Morgan fingerprint density at radius 2 is 2.27 bits per heavy atom. The topological polar surface area (TPSA) is 46.0 Å². The van der Waals surface area contributed by atoms with Gasteiger partial charge in [-0.15, -0.1) is 0 Å². The molecule has 0 aromatic carbocycles. The molecule has 122 valence electrons. The first-order valence-electron chi connectivity index (χ1n) is 7.63. The van der Waals surface area contributed by atoms with Gasteiger partial charge < -0.3 is 19.9 Å². The van der Waals surface area contributed by atoms with E-state index in [0.717, 1.165) is 50.8 Å². The fourth-order valence-electron chi connectivity index (χ4n) is 2.53. The summed E-state index contributed by atoms with van der Waals surface area (Å²) in [6, 6.07) is 2.21. The zero-order chi connectivity index (χ0) is 15.8. The Bertz CT molecular complexity index is 471. The molecule has 7 heteroatoms. The zero-order valence-electron chi connectivity index (χ0n) is 13.0. The summed E-state index contributed by atoms with van der Waals surface area (Å²) >= 11 is 7.19. The van der Waals surface area contributed by atoms with Crippen LogP contribution in [-0.2, 0) is 16.1 Å². The molecule has 0 amide bonds. The fourth-order valence-corrected chi connectivity index (χ4v) is 3.48. The number of nitrogens with one attached hydrogen (secondary N) is 2. The lowest BCUT2D eigenvalue weighted by Crippen LogP contribution is -3.13. The number of methoxy groups -OCH3 is 1. The average Bonchev–Trinajstić information content (AvgIpc) is 3.04. The Hall–Kier alpha value is -1.18. The molecule has 22 heavy (non-hydrogen) atoms. The molecule has 1 aromatic heterocycles. The average molecular weight is 343 g/mol. The third kappa shape index (κ3) is 5.55. The number of nitrogens with zero attached hydrogens (tertiary/aromatic N) is 1. The van der Waals surface area contributed by atoms with Crippen LogP contribution in [0.1, 0.15) is 18.4 Å². The van der Waals surface area contributed by atoms with Crippen molar-refractivity contribution in [3.05, 3.63) is 22.4 Å². The van der Waals surface area contributed by atoms with E-state index < -0.39 is 0 Å². The van der Waals surface area contributed by atoms with Gasteiger partial charge in [0.1, 0.15) is 6.54 Å². The molecule has 1 aromatic rings. The van der Waals surface area contributed by atoms with Crippen LogP contribution in [0.2, 0.25) is 0 Å². The second-order valence-corrected chi connectivity index (χ2v) is 6.62. The normalized spacial score (nSPS) is 15.6. The van der Waals surface area contributed by atoms with Gasteiger partial charge in [0.2, 0.25) is 0 Å². The van der Waals surface area contributed by atoms with E-state index in [2.05, 4.69) is 31.8 Å². The smallest absolute Gasteiger partial charge is 0.305 e. The fraction of sp³-hybridized carbons (Fsp3) is 0.600. The van der Waals surface area contributed by atoms with Gasteiger partial charge in [0.25, 0.3) is 0 Å². The molecule has 2 N–H and O–H groups in total. The van der Waals surface area contributed by atoms with E-state index in [1.54, 1.807) is 16.2 Å². The van der Waals surface area contributed by atoms with Crippen LogP contribution in [0, 0.1) is 0 Å². The monoisotopic (exact) mass is 342 g/mol. The summed E-state index contributed by atoms with van der Waals surface area (Å²) in [4.78, 5) is 14.9. The van der Waals surface area contributed by atoms with Gasteiger partial charge >= 0.3 is 5.97 Å². The van der Waals surface area contributed by atoms with Crippen molar-refractivity contribution >= 4 is 34.6 Å².